The molecule has 0 unspecified atom stereocenters. The van der Waals surface area contributed by atoms with Crippen molar-refractivity contribution in [2.45, 2.75) is 13.0 Å². The number of hydrogen-bond acceptors (Lipinski definition) is 9. The van der Waals surface area contributed by atoms with E-state index in [0.29, 0.717) is 62.3 Å². The van der Waals surface area contributed by atoms with Crippen LogP contribution in [0.15, 0.2) is 78.5 Å². The molecule has 0 saturated carbocycles. The van der Waals surface area contributed by atoms with Crippen molar-refractivity contribution in [1.82, 2.24) is 4.98 Å². The minimum Gasteiger partial charge on any atom is -0.497 e. The van der Waals surface area contributed by atoms with Gasteiger partial charge in [0.1, 0.15) is 23.9 Å². The van der Waals surface area contributed by atoms with E-state index in [9.17, 15) is 14.7 Å². The molecule has 0 aliphatic carbocycles. The smallest absolute Gasteiger partial charge is 0.338 e. The molecule has 0 spiro atoms. The number of aliphatic carboxylic acids is 1. The zero-order valence-electron chi connectivity index (χ0n) is 23.8. The number of nitrogens with zero attached hydrogens (tertiary/aromatic N) is 1. The third-order valence-corrected chi connectivity index (χ3v) is 6.85. The van der Waals surface area contributed by atoms with Gasteiger partial charge in [0.25, 0.3) is 0 Å². The van der Waals surface area contributed by atoms with Crippen molar-refractivity contribution in [3.05, 3.63) is 101 Å². The van der Waals surface area contributed by atoms with Crippen LogP contribution in [0.5, 0.6) is 28.7 Å². The van der Waals surface area contributed by atoms with E-state index < -0.39 is 11.9 Å². The number of rotatable bonds is 11. The standard InChI is InChI=1S/C33H29NO9/c1-38-24-10-11-26(28(16-24)41-18-21-7-4-5-9-25(21)33(37)40-3)31-20(8-6-12-34-31)13-23(32(35)36)14-22-15-29-30(43-19-42-29)17-27(22)39-2/h4-13,15-17H,14,18-19H2,1-3H3,(H,35,36)/b23-13+. The lowest BCUT2D eigenvalue weighted by Crippen LogP contribution is -2.08. The largest absolute Gasteiger partial charge is 0.497 e. The van der Waals surface area contributed by atoms with Crippen molar-refractivity contribution in [1.29, 1.82) is 0 Å². The quantitative estimate of drug-likeness (QED) is 0.177. The van der Waals surface area contributed by atoms with Crippen molar-refractivity contribution in [2.75, 3.05) is 28.1 Å². The summed E-state index contributed by atoms with van der Waals surface area (Å²) in [5, 5.41) is 10.2. The number of aromatic nitrogens is 1. The first-order valence-electron chi connectivity index (χ1n) is 13.2. The molecule has 0 atom stereocenters. The van der Waals surface area contributed by atoms with E-state index in [1.807, 2.05) is 6.07 Å². The number of esters is 1. The first kappa shape index (κ1) is 29.0. The number of benzene rings is 3. The lowest BCUT2D eigenvalue weighted by Gasteiger charge is -2.16. The average molecular weight is 584 g/mol. The Balaban J connectivity index is 1.52. The summed E-state index contributed by atoms with van der Waals surface area (Å²) in [4.78, 5) is 29.3. The van der Waals surface area contributed by atoms with Crippen LogP contribution < -0.4 is 23.7 Å². The van der Waals surface area contributed by atoms with Gasteiger partial charge in [-0.05, 0) is 36.4 Å². The number of fused-ring (bicyclic) bond motifs is 1. The zero-order valence-corrected chi connectivity index (χ0v) is 23.8. The van der Waals surface area contributed by atoms with Gasteiger partial charge in [-0.1, -0.05) is 24.3 Å². The van der Waals surface area contributed by atoms with Crippen LogP contribution in [0.1, 0.15) is 27.0 Å². The van der Waals surface area contributed by atoms with Crippen molar-refractivity contribution < 1.29 is 43.1 Å². The second-order valence-electron chi connectivity index (χ2n) is 9.41. The minimum atomic E-state index is -1.10. The van der Waals surface area contributed by atoms with Gasteiger partial charge in [0.2, 0.25) is 6.79 Å². The van der Waals surface area contributed by atoms with Crippen LogP contribution in [0.25, 0.3) is 17.3 Å². The minimum absolute atomic E-state index is 0.0553. The van der Waals surface area contributed by atoms with Crippen LogP contribution in [0, 0.1) is 0 Å². The molecule has 1 aromatic heterocycles. The number of hydrogen-bond donors (Lipinski definition) is 1. The Bertz CT molecular complexity index is 1700. The van der Waals surface area contributed by atoms with Crippen LogP contribution >= 0.6 is 0 Å². The van der Waals surface area contributed by atoms with Crippen molar-refractivity contribution in [3.8, 4) is 40.0 Å². The molecule has 0 radical (unpaired) electrons. The Morgan fingerprint density at radius 3 is 2.44 bits per heavy atom. The molecule has 10 nitrogen and oxygen atoms in total. The van der Waals surface area contributed by atoms with E-state index in [4.69, 9.17) is 28.4 Å². The van der Waals surface area contributed by atoms with Gasteiger partial charge in [-0.3, -0.25) is 4.98 Å². The van der Waals surface area contributed by atoms with Gasteiger partial charge in [0.05, 0.1) is 32.6 Å². The van der Waals surface area contributed by atoms with E-state index in [2.05, 4.69) is 4.98 Å². The fourth-order valence-corrected chi connectivity index (χ4v) is 4.69. The Morgan fingerprint density at radius 2 is 1.70 bits per heavy atom. The Labute approximate surface area is 248 Å². The molecule has 1 N–H and O–H groups in total. The second-order valence-corrected chi connectivity index (χ2v) is 9.41. The lowest BCUT2D eigenvalue weighted by atomic mass is 9.98. The van der Waals surface area contributed by atoms with Gasteiger partial charge in [0, 0.05) is 52.6 Å². The topological polar surface area (TPSA) is 123 Å². The second kappa shape index (κ2) is 13.0. The van der Waals surface area contributed by atoms with E-state index in [1.54, 1.807) is 80.0 Å². The number of carboxylic acid groups (broad SMARTS) is 1. The molecule has 220 valence electrons. The van der Waals surface area contributed by atoms with Crippen molar-refractivity contribution in [3.63, 3.8) is 0 Å². The number of methoxy groups -OCH3 is 3. The summed E-state index contributed by atoms with van der Waals surface area (Å²) in [7, 11) is 4.38. The third kappa shape index (κ3) is 6.38. The predicted octanol–water partition coefficient (Wildman–Crippen LogP) is 5.57. The molecule has 5 rings (SSSR count). The molecular formula is C33H29NO9. The number of ether oxygens (including phenoxy) is 6. The number of carbonyl (C=O) groups excluding carboxylic acids is 1. The predicted molar refractivity (Wildman–Crippen MR) is 157 cm³/mol. The fourth-order valence-electron chi connectivity index (χ4n) is 4.69. The molecule has 1 aliphatic heterocycles. The van der Waals surface area contributed by atoms with Crippen LogP contribution in [0.3, 0.4) is 0 Å². The number of carbonyl (C=O) groups is 2. The van der Waals surface area contributed by atoms with Gasteiger partial charge in [-0.15, -0.1) is 0 Å². The normalized spacial score (nSPS) is 12.0. The SMILES string of the molecule is COC(=O)c1ccccc1COc1cc(OC)ccc1-c1ncccc1/C=C(\Cc1cc2c(cc1OC)OCO2)C(=O)O. The van der Waals surface area contributed by atoms with Crippen molar-refractivity contribution >= 4 is 18.0 Å². The van der Waals surface area contributed by atoms with Gasteiger partial charge >= 0.3 is 11.9 Å². The van der Waals surface area contributed by atoms with Crippen LogP contribution in [-0.2, 0) is 22.6 Å². The summed E-state index contributed by atoms with van der Waals surface area (Å²) >= 11 is 0. The molecule has 43 heavy (non-hydrogen) atoms. The Morgan fingerprint density at radius 1 is 0.907 bits per heavy atom. The summed E-state index contributed by atoms with van der Waals surface area (Å²) < 4.78 is 33.0. The molecule has 10 heteroatoms. The third-order valence-electron chi connectivity index (χ3n) is 6.85. The van der Waals surface area contributed by atoms with Gasteiger partial charge in [-0.25, -0.2) is 9.59 Å². The molecule has 0 saturated heterocycles. The summed E-state index contributed by atoms with van der Waals surface area (Å²) in [6.07, 6.45) is 3.25. The zero-order chi connectivity index (χ0) is 30.3. The molecule has 4 aromatic rings. The number of pyridine rings is 1. The molecule has 0 amide bonds. The monoisotopic (exact) mass is 583 g/mol. The Hall–Kier alpha value is -5.51. The molecule has 3 aromatic carbocycles. The first-order valence-corrected chi connectivity index (χ1v) is 13.2. The number of carboxylic acids is 1. The van der Waals surface area contributed by atoms with E-state index >= 15 is 0 Å². The maximum Gasteiger partial charge on any atom is 0.338 e. The highest BCUT2D eigenvalue weighted by molar-refractivity contribution is 5.94. The van der Waals surface area contributed by atoms with Crippen LogP contribution in [0.4, 0.5) is 0 Å². The summed E-state index contributed by atoms with van der Waals surface area (Å²) in [6.45, 7) is 0.150. The first-order chi connectivity index (χ1) is 20.9. The van der Waals surface area contributed by atoms with E-state index in [1.165, 1.54) is 14.2 Å². The molecule has 1 aliphatic rings. The fraction of sp³-hybridized carbons (Fsp3) is 0.182. The van der Waals surface area contributed by atoms with Gasteiger partial charge < -0.3 is 33.5 Å². The molecule has 0 fully saturated rings. The molecule has 2 heterocycles. The summed E-state index contributed by atoms with van der Waals surface area (Å²) in [6, 6.07) is 19.2. The van der Waals surface area contributed by atoms with E-state index in [-0.39, 0.29) is 25.4 Å². The molecular weight excluding hydrogens is 554 g/mol. The van der Waals surface area contributed by atoms with Crippen LogP contribution in [-0.4, -0.2) is 50.2 Å². The summed E-state index contributed by atoms with van der Waals surface area (Å²) in [5.74, 6) is 0.966. The van der Waals surface area contributed by atoms with Gasteiger partial charge in [-0.2, -0.15) is 0 Å². The van der Waals surface area contributed by atoms with Gasteiger partial charge in [0.15, 0.2) is 11.5 Å². The molecule has 0 bridgehead atoms. The maximum absolute atomic E-state index is 12.4. The van der Waals surface area contributed by atoms with E-state index in [0.717, 1.165) is 0 Å². The maximum atomic E-state index is 12.4. The Kier molecular flexibility index (Phi) is 8.76. The highest BCUT2D eigenvalue weighted by atomic mass is 16.7. The average Bonchev–Trinajstić information content (AvgIpc) is 3.50. The highest BCUT2D eigenvalue weighted by Crippen LogP contribution is 2.40. The lowest BCUT2D eigenvalue weighted by molar-refractivity contribution is -0.132. The van der Waals surface area contributed by atoms with Crippen molar-refractivity contribution in [2.24, 2.45) is 0 Å². The summed E-state index contributed by atoms with van der Waals surface area (Å²) in [5.41, 5.74) is 3.42. The van der Waals surface area contributed by atoms with Crippen LogP contribution in [0.2, 0.25) is 0 Å². The highest BCUT2D eigenvalue weighted by Gasteiger charge is 2.21.